The van der Waals surface area contributed by atoms with Gasteiger partial charge in [-0.15, -0.1) is 0 Å². The lowest BCUT2D eigenvalue weighted by atomic mass is 10.2. The molecule has 0 amide bonds. The van der Waals surface area contributed by atoms with Crippen LogP contribution in [-0.2, 0) is 13.6 Å². The number of hydrogen-bond acceptors (Lipinski definition) is 9. The molecule has 1 aliphatic heterocycles. The molecule has 4 rings (SSSR count). The molecular weight excluding hydrogens is 436 g/mol. The average molecular weight is 462 g/mol. The Morgan fingerprint density at radius 3 is 2.55 bits per heavy atom. The van der Waals surface area contributed by atoms with Crippen molar-refractivity contribution in [1.82, 2.24) is 24.4 Å². The zero-order valence-corrected chi connectivity index (χ0v) is 18.2. The Morgan fingerprint density at radius 2 is 1.94 bits per heavy atom. The summed E-state index contributed by atoms with van der Waals surface area (Å²) in [6, 6.07) is 3.85. The Balaban J connectivity index is 0.000000218. The molecule has 13 nitrogen and oxygen atoms in total. The highest BCUT2D eigenvalue weighted by molar-refractivity contribution is 5.88. The number of hydrogen-bond donors (Lipinski definition) is 5. The fraction of sp³-hybridized carbons (Fsp3) is 0.400. The summed E-state index contributed by atoms with van der Waals surface area (Å²) in [7, 11) is 2.93. The minimum absolute atomic E-state index is 0.0671. The van der Waals surface area contributed by atoms with Crippen molar-refractivity contribution in [3.05, 3.63) is 44.6 Å². The minimum atomic E-state index is -1.05. The first-order valence-corrected chi connectivity index (χ1v) is 10.1. The van der Waals surface area contributed by atoms with Crippen LogP contribution in [0.15, 0.2) is 27.8 Å². The number of carboxylic acids is 1. The van der Waals surface area contributed by atoms with Crippen LogP contribution >= 0.6 is 0 Å². The number of fused-ring (bicyclic) bond motifs is 1. The van der Waals surface area contributed by atoms with Crippen LogP contribution in [0, 0.1) is 0 Å². The van der Waals surface area contributed by atoms with E-state index in [1.165, 1.54) is 29.9 Å². The van der Waals surface area contributed by atoms with Crippen molar-refractivity contribution >= 4 is 23.1 Å². The molecule has 0 bridgehead atoms. The van der Waals surface area contributed by atoms with Gasteiger partial charge in [0.2, 0.25) is 5.95 Å². The summed E-state index contributed by atoms with van der Waals surface area (Å²) >= 11 is 0. The Labute approximate surface area is 187 Å². The molecular formula is C20H26N6O7. The largest absolute Gasteiger partial charge is 0.504 e. The normalized spacial score (nSPS) is 13.5. The fourth-order valence-corrected chi connectivity index (χ4v) is 3.45. The summed E-state index contributed by atoms with van der Waals surface area (Å²) in [4.78, 5) is 43.0. The molecule has 3 aromatic rings. The summed E-state index contributed by atoms with van der Waals surface area (Å²) in [6.07, 6.45) is 0. The number of H-pyrrole nitrogens is 1. The summed E-state index contributed by atoms with van der Waals surface area (Å²) < 4.78 is 7.72. The van der Waals surface area contributed by atoms with Gasteiger partial charge in [-0.1, -0.05) is 0 Å². The van der Waals surface area contributed by atoms with E-state index in [9.17, 15) is 19.5 Å². The number of ether oxygens (including phenoxy) is 1. The Kier molecular flexibility index (Phi) is 7.35. The molecule has 5 N–H and O–H groups in total. The summed E-state index contributed by atoms with van der Waals surface area (Å²) in [5.41, 5.74) is -0.224. The van der Waals surface area contributed by atoms with Gasteiger partial charge in [0, 0.05) is 39.8 Å². The Morgan fingerprint density at radius 1 is 1.24 bits per heavy atom. The van der Waals surface area contributed by atoms with Gasteiger partial charge in [0.15, 0.2) is 22.7 Å². The van der Waals surface area contributed by atoms with E-state index < -0.39 is 17.2 Å². The van der Waals surface area contributed by atoms with Crippen LogP contribution < -0.4 is 26.2 Å². The zero-order valence-electron chi connectivity index (χ0n) is 18.2. The SMILES string of the molecule is COc1cc(C(=O)O)ccc1O.Cn1c(=O)[nH]c(=O)c2c1nc(N1CCNCC1)n2CCO. The van der Waals surface area contributed by atoms with Crippen molar-refractivity contribution in [3.8, 4) is 11.5 Å². The van der Waals surface area contributed by atoms with Crippen molar-refractivity contribution in [3.63, 3.8) is 0 Å². The number of aromatic carboxylic acids is 1. The number of benzene rings is 1. The fourth-order valence-electron chi connectivity index (χ4n) is 3.45. The lowest BCUT2D eigenvalue weighted by molar-refractivity contribution is 0.0696. The molecule has 1 aliphatic rings. The number of aromatic hydroxyl groups is 1. The van der Waals surface area contributed by atoms with E-state index in [2.05, 4.69) is 20.2 Å². The van der Waals surface area contributed by atoms with Gasteiger partial charge in [0.25, 0.3) is 5.56 Å². The highest BCUT2D eigenvalue weighted by atomic mass is 16.5. The van der Waals surface area contributed by atoms with Gasteiger partial charge < -0.3 is 34.8 Å². The molecule has 0 spiro atoms. The molecule has 33 heavy (non-hydrogen) atoms. The van der Waals surface area contributed by atoms with Gasteiger partial charge in [0.1, 0.15) is 0 Å². The number of rotatable bonds is 5. The van der Waals surface area contributed by atoms with E-state index in [1.54, 1.807) is 11.6 Å². The first kappa shape index (κ1) is 23.8. The maximum Gasteiger partial charge on any atom is 0.335 e. The number of phenolic OH excluding ortho intramolecular Hbond substituents is 1. The predicted octanol–water partition coefficient (Wildman–Crippen LogP) is -1.08. The summed E-state index contributed by atoms with van der Waals surface area (Å²) in [5.74, 6) is -0.335. The third-order valence-corrected chi connectivity index (χ3v) is 5.14. The van der Waals surface area contributed by atoms with E-state index in [-0.39, 0.29) is 30.2 Å². The average Bonchev–Trinajstić information content (AvgIpc) is 3.19. The molecule has 13 heteroatoms. The lowest BCUT2D eigenvalue weighted by Gasteiger charge is -2.28. The van der Waals surface area contributed by atoms with E-state index >= 15 is 0 Å². The molecule has 1 fully saturated rings. The molecule has 0 unspecified atom stereocenters. The molecule has 1 aromatic carbocycles. The van der Waals surface area contributed by atoms with Crippen LogP contribution in [0.4, 0.5) is 5.95 Å². The Hall–Kier alpha value is -3.84. The molecule has 0 saturated carbocycles. The van der Waals surface area contributed by atoms with Gasteiger partial charge in [-0.2, -0.15) is 4.98 Å². The molecule has 178 valence electrons. The number of aryl methyl sites for hydroxylation is 1. The van der Waals surface area contributed by atoms with Crippen molar-refractivity contribution < 1.29 is 24.9 Å². The van der Waals surface area contributed by atoms with Gasteiger partial charge in [0.05, 0.1) is 19.3 Å². The van der Waals surface area contributed by atoms with Gasteiger partial charge in [-0.3, -0.25) is 14.3 Å². The third kappa shape index (κ3) is 4.99. The topological polar surface area (TPSA) is 175 Å². The molecule has 0 atom stereocenters. The molecule has 3 heterocycles. The van der Waals surface area contributed by atoms with Crippen molar-refractivity contribution in [2.75, 3.05) is 44.8 Å². The van der Waals surface area contributed by atoms with Crippen LogP contribution in [-0.4, -0.2) is 80.3 Å². The number of nitrogens with one attached hydrogen (secondary N) is 2. The van der Waals surface area contributed by atoms with Crippen LogP contribution in [0.2, 0.25) is 0 Å². The Bertz CT molecular complexity index is 1260. The monoisotopic (exact) mass is 462 g/mol. The first-order chi connectivity index (χ1) is 15.8. The van der Waals surface area contributed by atoms with Crippen molar-refractivity contribution in [2.45, 2.75) is 6.54 Å². The van der Waals surface area contributed by atoms with Crippen LogP contribution in [0.1, 0.15) is 10.4 Å². The number of imidazole rings is 1. The van der Waals surface area contributed by atoms with Gasteiger partial charge in [-0.05, 0) is 18.2 Å². The number of aromatic nitrogens is 4. The van der Waals surface area contributed by atoms with E-state index in [1.807, 2.05) is 0 Å². The number of carbonyl (C=O) groups is 1. The number of piperazine rings is 1. The molecule has 2 aromatic heterocycles. The number of anilines is 1. The number of carboxylic acid groups (broad SMARTS) is 1. The number of aromatic amines is 1. The first-order valence-electron chi connectivity index (χ1n) is 10.1. The quantitative estimate of drug-likeness (QED) is 0.314. The van der Waals surface area contributed by atoms with Crippen LogP contribution in [0.5, 0.6) is 11.5 Å². The van der Waals surface area contributed by atoms with Crippen LogP contribution in [0.3, 0.4) is 0 Å². The number of methoxy groups -OCH3 is 1. The van der Waals surface area contributed by atoms with Crippen LogP contribution in [0.25, 0.3) is 11.2 Å². The number of phenols is 1. The second kappa shape index (κ2) is 10.2. The smallest absolute Gasteiger partial charge is 0.335 e. The van der Waals surface area contributed by atoms with E-state index in [0.29, 0.717) is 17.1 Å². The lowest BCUT2D eigenvalue weighted by Crippen LogP contribution is -2.44. The molecule has 0 aliphatic carbocycles. The highest BCUT2D eigenvalue weighted by Gasteiger charge is 2.22. The summed E-state index contributed by atoms with van der Waals surface area (Å²) in [6.45, 7) is 3.35. The second-order valence-electron chi connectivity index (χ2n) is 7.21. The molecule has 1 saturated heterocycles. The minimum Gasteiger partial charge on any atom is -0.504 e. The van der Waals surface area contributed by atoms with E-state index in [4.69, 9.17) is 14.9 Å². The van der Waals surface area contributed by atoms with Crippen molar-refractivity contribution in [2.24, 2.45) is 7.05 Å². The van der Waals surface area contributed by atoms with E-state index in [0.717, 1.165) is 26.2 Å². The molecule has 0 radical (unpaired) electrons. The number of aliphatic hydroxyl groups is 1. The highest BCUT2D eigenvalue weighted by Crippen LogP contribution is 2.26. The second-order valence-corrected chi connectivity index (χ2v) is 7.21. The number of aliphatic hydroxyl groups excluding tert-OH is 1. The summed E-state index contributed by atoms with van der Waals surface area (Å²) in [5, 5.41) is 30.2. The zero-order chi connectivity index (χ0) is 24.1. The van der Waals surface area contributed by atoms with Gasteiger partial charge in [-0.25, -0.2) is 9.59 Å². The van der Waals surface area contributed by atoms with Crippen molar-refractivity contribution in [1.29, 1.82) is 0 Å². The maximum atomic E-state index is 12.1. The standard InChI is InChI=1S/C12H18N6O3.C8H8O4/c1-16-9-8(10(20)15-12(16)21)18(6-7-19)11(14-9)17-4-2-13-3-5-17;1-12-7-4-5(8(10)11)2-3-6(7)9/h13,19H,2-7H2,1H3,(H,15,20,21);2-4,9H,1H3,(H,10,11). The van der Waals surface area contributed by atoms with Gasteiger partial charge >= 0.3 is 11.7 Å². The third-order valence-electron chi connectivity index (χ3n) is 5.14. The maximum absolute atomic E-state index is 12.1. The number of nitrogens with zero attached hydrogens (tertiary/aromatic N) is 4. The predicted molar refractivity (Wildman–Crippen MR) is 119 cm³/mol.